The van der Waals surface area contributed by atoms with Crippen LogP contribution in [0.1, 0.15) is 0 Å². The summed E-state index contributed by atoms with van der Waals surface area (Å²) in [5, 5.41) is 9.83. The molecule has 3 aromatic heterocycles. The Labute approximate surface area is 361 Å². The fourth-order valence-corrected chi connectivity index (χ4v) is 10.7. The number of nitrogens with zero attached hydrogens (tertiary/aromatic N) is 2. The number of fused-ring (bicyclic) bond motifs is 11. The van der Waals surface area contributed by atoms with Gasteiger partial charge in [0.1, 0.15) is 11.2 Å². The van der Waals surface area contributed by atoms with Gasteiger partial charge < -0.3 is 13.9 Å². The Hall–Kier alpha value is -7.92. The fourth-order valence-electron chi connectivity index (χ4n) is 9.61. The minimum absolute atomic E-state index is 0.883. The topological polar surface area (TPSA) is 21.3 Å². The van der Waals surface area contributed by atoms with Crippen molar-refractivity contribution in [2.24, 2.45) is 0 Å². The molecule has 0 fully saturated rings. The molecular weight excluding hydrogens is 773 g/mol. The highest BCUT2D eigenvalue weighted by atomic mass is 32.1. The summed E-state index contributed by atoms with van der Waals surface area (Å²) in [6.45, 7) is 0. The lowest BCUT2D eigenvalue weighted by atomic mass is 10.0. The molecule has 13 rings (SSSR count). The first-order valence-electron chi connectivity index (χ1n) is 21.1. The molecule has 0 unspecified atom stereocenters. The Balaban J connectivity index is 0.927. The van der Waals surface area contributed by atoms with Crippen LogP contribution in [0.3, 0.4) is 0 Å². The molecule has 0 N–H and O–H groups in total. The van der Waals surface area contributed by atoms with Crippen molar-refractivity contribution in [2.75, 3.05) is 4.90 Å². The van der Waals surface area contributed by atoms with Crippen LogP contribution >= 0.6 is 11.3 Å². The van der Waals surface area contributed by atoms with Crippen LogP contribution in [-0.4, -0.2) is 4.57 Å². The number of furan rings is 1. The first kappa shape index (κ1) is 34.9. The molecule has 0 aliphatic rings. The lowest BCUT2D eigenvalue weighted by molar-refractivity contribution is 0.669. The minimum atomic E-state index is 0.883. The molecule has 62 heavy (non-hydrogen) atoms. The molecule has 0 atom stereocenters. The number of aromatic nitrogens is 1. The van der Waals surface area contributed by atoms with E-state index in [2.05, 4.69) is 216 Å². The maximum Gasteiger partial charge on any atom is 0.135 e. The number of rotatable bonds is 6. The van der Waals surface area contributed by atoms with E-state index in [9.17, 15) is 0 Å². The van der Waals surface area contributed by atoms with Gasteiger partial charge in [0.25, 0.3) is 0 Å². The second kappa shape index (κ2) is 13.8. The van der Waals surface area contributed by atoms with Crippen LogP contribution in [0.25, 0.3) is 103 Å². The SMILES string of the molecule is c1ccc(-n2c3cc(-c4ccc(N(c5ccc(-c6ccc7sc8ccccc8c7c6)cc5)c5ccc6oc7ccccc7c6c5)cc4)ccc3c3ccc4ccccc4c32)cc1. The van der Waals surface area contributed by atoms with E-state index in [1.54, 1.807) is 0 Å². The van der Waals surface area contributed by atoms with Gasteiger partial charge in [0, 0.05) is 69.9 Å². The third kappa shape index (κ3) is 5.51. The van der Waals surface area contributed by atoms with E-state index in [1.807, 2.05) is 23.5 Å². The lowest BCUT2D eigenvalue weighted by Crippen LogP contribution is -2.09. The minimum Gasteiger partial charge on any atom is -0.456 e. The predicted molar refractivity (Wildman–Crippen MR) is 264 cm³/mol. The van der Waals surface area contributed by atoms with Crippen molar-refractivity contribution in [1.29, 1.82) is 0 Å². The third-order valence-corrected chi connectivity index (χ3v) is 13.7. The molecule has 0 aliphatic carbocycles. The van der Waals surface area contributed by atoms with Gasteiger partial charge in [-0.25, -0.2) is 0 Å². The van der Waals surface area contributed by atoms with Gasteiger partial charge in [0.05, 0.1) is 11.0 Å². The lowest BCUT2D eigenvalue weighted by Gasteiger charge is -2.26. The Kier molecular flexibility index (Phi) is 7.78. The van der Waals surface area contributed by atoms with Crippen molar-refractivity contribution in [3.8, 4) is 27.9 Å². The van der Waals surface area contributed by atoms with Crippen LogP contribution in [0.2, 0.25) is 0 Å². The van der Waals surface area contributed by atoms with E-state index in [-0.39, 0.29) is 0 Å². The van der Waals surface area contributed by atoms with E-state index in [4.69, 9.17) is 4.42 Å². The molecule has 0 bridgehead atoms. The number of benzene rings is 10. The standard InChI is InChI=1S/C58H36N2OS/c1-2-11-42(12-3-1)60-53-35-41(23-30-47(53)50-31-22-39-10-4-5-13-46(39)58(50)60)38-20-27-44(28-21-38)59(45-29-32-55-51(36-45)48-14-6-8-16-54(48)61-55)43-25-18-37(19-26-43)40-24-33-57-52(34-40)49-15-7-9-17-56(49)62-57/h1-36H. The van der Waals surface area contributed by atoms with Crippen molar-refractivity contribution in [1.82, 2.24) is 4.57 Å². The van der Waals surface area contributed by atoms with Crippen LogP contribution in [-0.2, 0) is 0 Å². The van der Waals surface area contributed by atoms with Gasteiger partial charge in [-0.05, 0) is 113 Å². The molecule has 0 amide bonds. The molecule has 0 saturated carbocycles. The first-order valence-corrected chi connectivity index (χ1v) is 21.9. The molecule has 3 nitrogen and oxygen atoms in total. The Bertz CT molecular complexity index is 3860. The molecule has 0 saturated heterocycles. The monoisotopic (exact) mass is 808 g/mol. The molecule has 10 aromatic carbocycles. The van der Waals surface area contributed by atoms with Gasteiger partial charge in [-0.1, -0.05) is 133 Å². The van der Waals surface area contributed by atoms with E-state index < -0.39 is 0 Å². The summed E-state index contributed by atoms with van der Waals surface area (Å²) in [6.07, 6.45) is 0. The maximum absolute atomic E-state index is 6.27. The summed E-state index contributed by atoms with van der Waals surface area (Å²) in [4.78, 5) is 2.35. The normalized spacial score (nSPS) is 11.9. The number of hydrogen-bond donors (Lipinski definition) is 0. The van der Waals surface area contributed by atoms with Gasteiger partial charge in [-0.2, -0.15) is 0 Å². The van der Waals surface area contributed by atoms with Gasteiger partial charge in [-0.15, -0.1) is 11.3 Å². The van der Waals surface area contributed by atoms with Crippen LogP contribution in [0.15, 0.2) is 223 Å². The number of thiophene rings is 1. The van der Waals surface area contributed by atoms with E-state index >= 15 is 0 Å². The quantitative estimate of drug-likeness (QED) is 0.167. The molecule has 0 spiro atoms. The second-order valence-corrected chi connectivity index (χ2v) is 17.2. The number of hydrogen-bond acceptors (Lipinski definition) is 3. The maximum atomic E-state index is 6.27. The zero-order valence-electron chi connectivity index (χ0n) is 33.5. The van der Waals surface area contributed by atoms with Gasteiger partial charge in [0.15, 0.2) is 0 Å². The Morgan fingerprint density at radius 2 is 0.952 bits per heavy atom. The summed E-state index contributed by atoms with van der Waals surface area (Å²) in [7, 11) is 0. The van der Waals surface area contributed by atoms with Crippen LogP contribution in [0, 0.1) is 0 Å². The second-order valence-electron chi connectivity index (χ2n) is 16.1. The number of para-hydroxylation sites is 2. The third-order valence-electron chi connectivity index (χ3n) is 12.6. The zero-order chi connectivity index (χ0) is 40.7. The molecule has 290 valence electrons. The van der Waals surface area contributed by atoms with Crippen molar-refractivity contribution in [2.45, 2.75) is 0 Å². The van der Waals surface area contributed by atoms with Gasteiger partial charge in [-0.3, -0.25) is 0 Å². The van der Waals surface area contributed by atoms with Crippen molar-refractivity contribution in [3.05, 3.63) is 218 Å². The molecule has 0 aliphatic heterocycles. The average molecular weight is 809 g/mol. The van der Waals surface area contributed by atoms with Crippen LogP contribution in [0.5, 0.6) is 0 Å². The highest BCUT2D eigenvalue weighted by molar-refractivity contribution is 7.25. The molecule has 4 heteroatoms. The highest BCUT2D eigenvalue weighted by Crippen LogP contribution is 2.43. The predicted octanol–water partition coefficient (Wildman–Crippen LogP) is 17.0. The van der Waals surface area contributed by atoms with Gasteiger partial charge >= 0.3 is 0 Å². The van der Waals surface area contributed by atoms with Crippen LogP contribution in [0.4, 0.5) is 17.1 Å². The van der Waals surface area contributed by atoms with E-state index in [0.29, 0.717) is 0 Å². The largest absolute Gasteiger partial charge is 0.456 e. The molecular formula is C58H36N2OS. The highest BCUT2D eigenvalue weighted by Gasteiger charge is 2.19. The van der Waals surface area contributed by atoms with Crippen molar-refractivity contribution >= 4 is 103 Å². The van der Waals surface area contributed by atoms with E-state index in [0.717, 1.165) is 50.3 Å². The van der Waals surface area contributed by atoms with Crippen LogP contribution < -0.4 is 4.90 Å². The van der Waals surface area contributed by atoms with Crippen molar-refractivity contribution < 1.29 is 4.42 Å². The summed E-state index contributed by atoms with van der Waals surface area (Å²) in [6, 6.07) is 79.3. The van der Waals surface area contributed by atoms with Crippen molar-refractivity contribution in [3.63, 3.8) is 0 Å². The molecule has 3 heterocycles. The zero-order valence-corrected chi connectivity index (χ0v) is 34.3. The Morgan fingerprint density at radius 1 is 0.355 bits per heavy atom. The molecule has 13 aromatic rings. The van der Waals surface area contributed by atoms with Gasteiger partial charge in [0.2, 0.25) is 0 Å². The number of anilines is 3. The molecule has 0 radical (unpaired) electrons. The summed E-state index contributed by atoms with van der Waals surface area (Å²) >= 11 is 1.85. The average Bonchev–Trinajstić information content (AvgIpc) is 4.01. The summed E-state index contributed by atoms with van der Waals surface area (Å²) < 4.78 is 11.3. The fraction of sp³-hybridized carbons (Fsp3) is 0. The summed E-state index contributed by atoms with van der Waals surface area (Å²) in [5.74, 6) is 0. The first-order chi connectivity index (χ1) is 30.7. The van der Waals surface area contributed by atoms with E-state index in [1.165, 1.54) is 69.4 Å². The summed E-state index contributed by atoms with van der Waals surface area (Å²) in [5.41, 5.74) is 13.3. The Morgan fingerprint density at radius 3 is 1.76 bits per heavy atom. The smallest absolute Gasteiger partial charge is 0.135 e.